The molecule has 0 unspecified atom stereocenters. The van der Waals surface area contributed by atoms with Crippen LogP contribution in [0.4, 0.5) is 5.69 Å². The number of aromatic nitrogens is 1. The Kier molecular flexibility index (Phi) is 3.63. The largest absolute Gasteiger partial charge is 0.484 e. The van der Waals surface area contributed by atoms with Crippen molar-refractivity contribution in [1.82, 2.24) is 4.98 Å². The Hall–Kier alpha value is -2.36. The van der Waals surface area contributed by atoms with E-state index < -0.39 is 0 Å². The van der Waals surface area contributed by atoms with E-state index in [-0.39, 0.29) is 12.5 Å². The van der Waals surface area contributed by atoms with Crippen molar-refractivity contribution in [1.29, 1.82) is 0 Å². The van der Waals surface area contributed by atoms with Crippen LogP contribution in [0.2, 0.25) is 0 Å². The van der Waals surface area contributed by atoms with Gasteiger partial charge in [0.1, 0.15) is 5.75 Å². The summed E-state index contributed by atoms with van der Waals surface area (Å²) in [4.78, 5) is 15.7. The molecule has 0 saturated carbocycles. The quantitative estimate of drug-likeness (QED) is 0.927. The second-order valence-electron chi connectivity index (χ2n) is 4.86. The molecule has 1 amide bonds. The number of nitrogens with one attached hydrogen (secondary N) is 1. The van der Waals surface area contributed by atoms with Crippen molar-refractivity contribution in [2.75, 3.05) is 11.9 Å². The third kappa shape index (κ3) is 2.96. The third-order valence-electron chi connectivity index (χ3n) is 3.40. The van der Waals surface area contributed by atoms with Crippen molar-refractivity contribution >= 4 is 11.6 Å². The summed E-state index contributed by atoms with van der Waals surface area (Å²) in [5.74, 6) is 0.590. The van der Waals surface area contributed by atoms with Gasteiger partial charge >= 0.3 is 0 Å². The predicted molar refractivity (Wildman–Crippen MR) is 76.8 cm³/mol. The first-order valence-electron chi connectivity index (χ1n) is 6.76. The summed E-state index contributed by atoms with van der Waals surface area (Å²) in [6.07, 6.45) is 6.74. The highest BCUT2D eigenvalue weighted by Crippen LogP contribution is 2.25. The van der Waals surface area contributed by atoms with Crippen molar-refractivity contribution in [3.05, 3.63) is 53.9 Å². The number of nitrogens with zero attached hydrogens (tertiary/aromatic N) is 1. The van der Waals surface area contributed by atoms with Crippen molar-refractivity contribution in [2.24, 2.45) is 0 Å². The fraction of sp³-hybridized carbons (Fsp3) is 0.250. The predicted octanol–water partition coefficient (Wildman–Crippen LogP) is 2.59. The second kappa shape index (κ2) is 5.74. The maximum Gasteiger partial charge on any atom is 0.262 e. The van der Waals surface area contributed by atoms with Gasteiger partial charge in [-0.25, -0.2) is 0 Å². The van der Waals surface area contributed by atoms with Crippen molar-refractivity contribution in [3.8, 4) is 5.75 Å². The molecular formula is C16H16N2O2. The first-order valence-corrected chi connectivity index (χ1v) is 6.76. The van der Waals surface area contributed by atoms with Gasteiger partial charge < -0.3 is 10.1 Å². The molecule has 1 aromatic heterocycles. The Morgan fingerprint density at radius 1 is 1.15 bits per heavy atom. The molecule has 3 rings (SSSR count). The molecule has 0 spiro atoms. The normalized spacial score (nSPS) is 12.8. The Morgan fingerprint density at radius 2 is 1.95 bits per heavy atom. The molecule has 0 aliphatic heterocycles. The zero-order valence-electron chi connectivity index (χ0n) is 11.1. The van der Waals surface area contributed by atoms with Gasteiger partial charge in [-0.05, 0) is 54.7 Å². The van der Waals surface area contributed by atoms with Crippen LogP contribution in [0.25, 0.3) is 0 Å². The second-order valence-corrected chi connectivity index (χ2v) is 4.86. The topological polar surface area (TPSA) is 51.2 Å². The van der Waals surface area contributed by atoms with Gasteiger partial charge in [0, 0.05) is 18.1 Å². The van der Waals surface area contributed by atoms with E-state index in [0.717, 1.165) is 24.3 Å². The summed E-state index contributed by atoms with van der Waals surface area (Å²) < 4.78 is 5.54. The number of hydrogen-bond donors (Lipinski definition) is 1. The van der Waals surface area contributed by atoms with Gasteiger partial charge in [-0.1, -0.05) is 6.07 Å². The van der Waals surface area contributed by atoms with Crippen LogP contribution in [0.3, 0.4) is 0 Å². The minimum atomic E-state index is -0.170. The number of fused-ring (bicyclic) bond motifs is 1. The number of carbonyl (C=O) groups excluding carboxylic acids is 1. The molecule has 0 bridgehead atoms. The molecule has 1 heterocycles. The molecule has 20 heavy (non-hydrogen) atoms. The van der Waals surface area contributed by atoms with E-state index in [1.807, 2.05) is 12.1 Å². The molecule has 1 aliphatic rings. The first kappa shape index (κ1) is 12.7. The highest BCUT2D eigenvalue weighted by molar-refractivity contribution is 5.91. The standard InChI is InChI=1S/C16H16N2O2/c19-16(18-14-6-8-17-9-7-14)11-20-15-5-4-12-2-1-3-13(12)10-15/h4-10H,1-3,11H2,(H,17,18,19). The van der Waals surface area contributed by atoms with Gasteiger partial charge in [-0.15, -0.1) is 0 Å². The molecule has 0 radical (unpaired) electrons. The number of aryl methyl sites for hydroxylation is 2. The SMILES string of the molecule is O=C(COc1ccc2c(c1)CCC2)Nc1ccncc1. The van der Waals surface area contributed by atoms with Crippen LogP contribution in [-0.2, 0) is 17.6 Å². The lowest BCUT2D eigenvalue weighted by Gasteiger charge is -2.08. The number of carbonyl (C=O) groups is 1. The maximum atomic E-state index is 11.8. The average molecular weight is 268 g/mol. The van der Waals surface area contributed by atoms with E-state index in [4.69, 9.17) is 4.74 Å². The number of benzene rings is 1. The molecule has 4 heteroatoms. The summed E-state index contributed by atoms with van der Waals surface area (Å²) in [5.41, 5.74) is 3.47. The molecular weight excluding hydrogens is 252 g/mol. The van der Waals surface area contributed by atoms with Crippen LogP contribution in [0.5, 0.6) is 5.75 Å². The van der Waals surface area contributed by atoms with Gasteiger partial charge in [0.05, 0.1) is 0 Å². The summed E-state index contributed by atoms with van der Waals surface area (Å²) in [6.45, 7) is 0.0150. The number of hydrogen-bond acceptors (Lipinski definition) is 3. The highest BCUT2D eigenvalue weighted by Gasteiger charge is 2.11. The fourth-order valence-corrected chi connectivity index (χ4v) is 2.42. The van der Waals surface area contributed by atoms with Gasteiger partial charge in [0.2, 0.25) is 0 Å². The van der Waals surface area contributed by atoms with Crippen LogP contribution in [-0.4, -0.2) is 17.5 Å². The van der Waals surface area contributed by atoms with Gasteiger partial charge in [0.25, 0.3) is 5.91 Å². The summed E-state index contributed by atoms with van der Waals surface area (Å²) >= 11 is 0. The van der Waals surface area contributed by atoms with E-state index in [9.17, 15) is 4.79 Å². The molecule has 0 fully saturated rings. The molecule has 1 aliphatic carbocycles. The number of amides is 1. The van der Waals surface area contributed by atoms with E-state index in [1.165, 1.54) is 17.5 Å². The lowest BCUT2D eigenvalue weighted by atomic mass is 10.1. The van der Waals surface area contributed by atoms with Crippen molar-refractivity contribution in [2.45, 2.75) is 19.3 Å². The number of pyridine rings is 1. The van der Waals surface area contributed by atoms with Crippen molar-refractivity contribution < 1.29 is 9.53 Å². The van der Waals surface area contributed by atoms with E-state index in [0.29, 0.717) is 0 Å². The molecule has 0 saturated heterocycles. The third-order valence-corrected chi connectivity index (χ3v) is 3.40. The Labute approximate surface area is 117 Å². The minimum absolute atomic E-state index is 0.0150. The molecule has 1 aromatic carbocycles. The van der Waals surface area contributed by atoms with Crippen LogP contribution in [0.15, 0.2) is 42.7 Å². The zero-order valence-corrected chi connectivity index (χ0v) is 11.1. The summed E-state index contributed by atoms with van der Waals surface area (Å²) in [5, 5.41) is 2.76. The summed E-state index contributed by atoms with van der Waals surface area (Å²) in [6, 6.07) is 9.56. The Morgan fingerprint density at radius 3 is 2.80 bits per heavy atom. The lowest BCUT2D eigenvalue weighted by molar-refractivity contribution is -0.118. The maximum absolute atomic E-state index is 11.8. The number of anilines is 1. The van der Waals surface area contributed by atoms with E-state index in [1.54, 1.807) is 24.5 Å². The first-order chi connectivity index (χ1) is 9.81. The Bertz CT molecular complexity index is 611. The number of ether oxygens (including phenoxy) is 1. The van der Waals surface area contributed by atoms with Crippen molar-refractivity contribution in [3.63, 3.8) is 0 Å². The van der Waals surface area contributed by atoms with Gasteiger partial charge in [-0.2, -0.15) is 0 Å². The average Bonchev–Trinajstić information content (AvgIpc) is 2.93. The van der Waals surface area contributed by atoms with Crippen LogP contribution in [0, 0.1) is 0 Å². The summed E-state index contributed by atoms with van der Waals surface area (Å²) in [7, 11) is 0. The smallest absolute Gasteiger partial charge is 0.262 e. The van der Waals surface area contributed by atoms with Crippen LogP contribution < -0.4 is 10.1 Å². The molecule has 1 N–H and O–H groups in total. The van der Waals surface area contributed by atoms with E-state index in [2.05, 4.69) is 16.4 Å². The van der Waals surface area contributed by atoms with Crippen LogP contribution >= 0.6 is 0 Å². The monoisotopic (exact) mass is 268 g/mol. The molecule has 102 valence electrons. The number of rotatable bonds is 4. The van der Waals surface area contributed by atoms with Gasteiger partial charge in [-0.3, -0.25) is 9.78 Å². The van der Waals surface area contributed by atoms with Gasteiger partial charge in [0.15, 0.2) is 6.61 Å². The fourth-order valence-electron chi connectivity index (χ4n) is 2.42. The minimum Gasteiger partial charge on any atom is -0.484 e. The van der Waals surface area contributed by atoms with Crippen LogP contribution in [0.1, 0.15) is 17.5 Å². The Balaban J connectivity index is 1.55. The highest BCUT2D eigenvalue weighted by atomic mass is 16.5. The molecule has 0 atom stereocenters. The molecule has 2 aromatic rings. The lowest BCUT2D eigenvalue weighted by Crippen LogP contribution is -2.20. The molecule has 4 nitrogen and oxygen atoms in total. The zero-order chi connectivity index (χ0) is 13.8. The van der Waals surface area contributed by atoms with E-state index >= 15 is 0 Å².